The lowest BCUT2D eigenvalue weighted by Gasteiger charge is -2.27. The van der Waals surface area contributed by atoms with Crippen molar-refractivity contribution in [3.05, 3.63) is 151 Å². The van der Waals surface area contributed by atoms with Crippen LogP contribution in [0.4, 0.5) is 17.1 Å². The van der Waals surface area contributed by atoms with Gasteiger partial charge in [0, 0.05) is 17.1 Å². The molecule has 0 radical (unpaired) electrons. The predicted molar refractivity (Wildman–Crippen MR) is 152 cm³/mol. The molecule has 0 saturated carbocycles. The lowest BCUT2D eigenvalue weighted by Crippen LogP contribution is -2.10. The fourth-order valence-corrected chi connectivity index (χ4v) is 5.45. The highest BCUT2D eigenvalue weighted by molar-refractivity contribution is 5.90. The van der Waals surface area contributed by atoms with Crippen molar-refractivity contribution < 1.29 is 0 Å². The van der Waals surface area contributed by atoms with Crippen LogP contribution in [0, 0.1) is 0 Å². The predicted octanol–water partition coefficient (Wildman–Crippen LogP) is 9.55. The Balaban J connectivity index is 1.38. The zero-order valence-corrected chi connectivity index (χ0v) is 19.9. The molecule has 1 heteroatoms. The van der Waals surface area contributed by atoms with Gasteiger partial charge in [-0.1, -0.05) is 103 Å². The van der Waals surface area contributed by atoms with Gasteiger partial charge in [-0.05, 0) is 87.0 Å². The molecule has 0 N–H and O–H groups in total. The minimum atomic E-state index is 1.01. The van der Waals surface area contributed by atoms with E-state index in [2.05, 4.69) is 144 Å². The maximum Gasteiger partial charge on any atom is 0.0468 e. The number of hydrogen-bond acceptors (Lipinski definition) is 1. The molecule has 0 saturated heterocycles. The van der Waals surface area contributed by atoms with Crippen LogP contribution >= 0.6 is 0 Å². The van der Waals surface area contributed by atoms with Crippen molar-refractivity contribution in [2.75, 3.05) is 4.90 Å². The van der Waals surface area contributed by atoms with E-state index in [1.807, 2.05) is 0 Å². The Morgan fingerprint density at radius 2 is 1.00 bits per heavy atom. The van der Waals surface area contributed by atoms with Gasteiger partial charge in [-0.2, -0.15) is 0 Å². The molecule has 36 heavy (non-hydrogen) atoms. The maximum absolute atomic E-state index is 2.38. The lowest BCUT2D eigenvalue weighted by molar-refractivity contribution is 1.25. The number of fused-ring (bicyclic) bond motifs is 4. The fourth-order valence-electron chi connectivity index (χ4n) is 5.45. The number of benzene rings is 6. The van der Waals surface area contributed by atoms with E-state index in [9.17, 15) is 0 Å². The second kappa shape index (κ2) is 8.55. The third kappa shape index (κ3) is 3.57. The van der Waals surface area contributed by atoms with E-state index >= 15 is 0 Å². The van der Waals surface area contributed by atoms with Crippen LogP contribution in [0.1, 0.15) is 11.1 Å². The molecule has 1 nitrogen and oxygen atoms in total. The Morgan fingerprint density at radius 1 is 0.389 bits per heavy atom. The Labute approximate surface area is 211 Å². The highest BCUT2D eigenvalue weighted by atomic mass is 15.1. The first-order valence-electron chi connectivity index (χ1n) is 12.5. The molecule has 6 aromatic carbocycles. The second-order valence-corrected chi connectivity index (χ2v) is 9.46. The minimum Gasteiger partial charge on any atom is -0.310 e. The maximum atomic E-state index is 2.38. The second-order valence-electron chi connectivity index (χ2n) is 9.46. The van der Waals surface area contributed by atoms with Crippen LogP contribution in [-0.2, 0) is 6.42 Å². The van der Waals surface area contributed by atoms with Crippen molar-refractivity contribution in [3.63, 3.8) is 0 Å². The number of nitrogens with zero attached hydrogens (tertiary/aromatic N) is 1. The molecule has 0 amide bonds. The van der Waals surface area contributed by atoms with Crippen LogP contribution in [-0.4, -0.2) is 0 Å². The molecular weight excluding hydrogens is 434 g/mol. The van der Waals surface area contributed by atoms with Gasteiger partial charge in [0.05, 0.1) is 0 Å². The van der Waals surface area contributed by atoms with Crippen LogP contribution in [0.25, 0.3) is 33.0 Å². The average Bonchev–Trinajstić information content (AvgIpc) is 3.32. The van der Waals surface area contributed by atoms with Crippen LogP contribution in [0.5, 0.6) is 0 Å². The van der Waals surface area contributed by atoms with Gasteiger partial charge in [-0.15, -0.1) is 0 Å². The third-order valence-electron chi connectivity index (χ3n) is 7.26. The van der Waals surface area contributed by atoms with Crippen molar-refractivity contribution in [1.82, 2.24) is 0 Å². The highest BCUT2D eigenvalue weighted by Gasteiger charge is 2.21. The highest BCUT2D eigenvalue weighted by Crippen LogP contribution is 2.42. The number of rotatable bonds is 4. The summed E-state index contributed by atoms with van der Waals surface area (Å²) in [6.45, 7) is 0. The minimum absolute atomic E-state index is 1.01. The quantitative estimate of drug-likeness (QED) is 0.253. The first kappa shape index (κ1) is 20.7. The smallest absolute Gasteiger partial charge is 0.0468 e. The number of hydrogen-bond donors (Lipinski definition) is 0. The summed E-state index contributed by atoms with van der Waals surface area (Å²) in [4.78, 5) is 2.38. The Hall–Kier alpha value is -4.62. The first-order valence-corrected chi connectivity index (χ1v) is 12.5. The standard InChI is InChI=1S/C35H25N/c1-2-8-25(9-3-1)27-14-18-31(19-15-27)36(32-20-16-26-10-4-5-11-28(26)23-32)33-21-17-30-22-29-12-6-7-13-34(29)35(30)24-33/h1-21,23-24H,22H2. The molecule has 0 spiro atoms. The first-order chi connectivity index (χ1) is 17.8. The van der Waals surface area contributed by atoms with Crippen LogP contribution < -0.4 is 4.90 Å². The van der Waals surface area contributed by atoms with Crippen molar-refractivity contribution >= 4 is 27.8 Å². The molecule has 6 aromatic rings. The normalized spacial score (nSPS) is 11.8. The average molecular weight is 460 g/mol. The molecule has 0 atom stereocenters. The number of anilines is 3. The monoisotopic (exact) mass is 459 g/mol. The summed E-state index contributed by atoms with van der Waals surface area (Å²) >= 11 is 0. The van der Waals surface area contributed by atoms with E-state index in [-0.39, 0.29) is 0 Å². The SMILES string of the molecule is c1ccc(-c2ccc(N(c3ccc4c(c3)-c3ccccc3C4)c3ccc4ccccc4c3)cc2)cc1. The van der Waals surface area contributed by atoms with E-state index in [0.29, 0.717) is 0 Å². The van der Waals surface area contributed by atoms with Gasteiger partial charge in [-0.25, -0.2) is 0 Å². The van der Waals surface area contributed by atoms with Crippen molar-refractivity contribution in [3.8, 4) is 22.3 Å². The zero-order chi connectivity index (χ0) is 23.9. The summed E-state index contributed by atoms with van der Waals surface area (Å²) in [6, 6.07) is 50.5. The van der Waals surface area contributed by atoms with Crippen LogP contribution in [0.2, 0.25) is 0 Å². The Bertz CT molecular complexity index is 1700. The zero-order valence-electron chi connectivity index (χ0n) is 19.9. The molecular formula is C35H25N. The molecule has 0 heterocycles. The summed E-state index contributed by atoms with van der Waals surface area (Å²) < 4.78 is 0. The molecule has 0 aliphatic heterocycles. The molecule has 0 bridgehead atoms. The van der Waals surface area contributed by atoms with E-state index < -0.39 is 0 Å². The van der Waals surface area contributed by atoms with Crippen molar-refractivity contribution in [1.29, 1.82) is 0 Å². The fraction of sp³-hybridized carbons (Fsp3) is 0.0286. The molecule has 7 rings (SSSR count). The van der Waals surface area contributed by atoms with Gasteiger partial charge in [0.2, 0.25) is 0 Å². The molecule has 0 fully saturated rings. The van der Waals surface area contributed by atoms with E-state index in [4.69, 9.17) is 0 Å². The van der Waals surface area contributed by atoms with Crippen LogP contribution in [0.15, 0.2) is 140 Å². The van der Waals surface area contributed by atoms with Gasteiger partial charge in [0.25, 0.3) is 0 Å². The topological polar surface area (TPSA) is 3.24 Å². The largest absolute Gasteiger partial charge is 0.310 e. The Morgan fingerprint density at radius 3 is 1.86 bits per heavy atom. The summed E-state index contributed by atoms with van der Waals surface area (Å²) in [6.07, 6.45) is 1.01. The van der Waals surface area contributed by atoms with Crippen molar-refractivity contribution in [2.24, 2.45) is 0 Å². The van der Waals surface area contributed by atoms with Gasteiger partial charge in [0.1, 0.15) is 0 Å². The van der Waals surface area contributed by atoms with E-state index in [1.165, 1.54) is 49.8 Å². The van der Waals surface area contributed by atoms with E-state index in [0.717, 1.165) is 17.8 Å². The van der Waals surface area contributed by atoms with E-state index in [1.54, 1.807) is 0 Å². The molecule has 0 aromatic heterocycles. The van der Waals surface area contributed by atoms with Gasteiger partial charge >= 0.3 is 0 Å². The lowest BCUT2D eigenvalue weighted by atomic mass is 10.0. The summed E-state index contributed by atoms with van der Waals surface area (Å²) in [5, 5.41) is 2.50. The van der Waals surface area contributed by atoms with Gasteiger partial charge in [0.15, 0.2) is 0 Å². The summed E-state index contributed by atoms with van der Waals surface area (Å²) in [5.74, 6) is 0. The summed E-state index contributed by atoms with van der Waals surface area (Å²) in [5.41, 5.74) is 11.4. The van der Waals surface area contributed by atoms with Gasteiger partial charge in [-0.3, -0.25) is 0 Å². The molecule has 170 valence electrons. The molecule has 1 aliphatic rings. The Kier molecular flexibility index (Phi) is 4.92. The van der Waals surface area contributed by atoms with Crippen LogP contribution in [0.3, 0.4) is 0 Å². The van der Waals surface area contributed by atoms with Gasteiger partial charge < -0.3 is 4.90 Å². The van der Waals surface area contributed by atoms with Crippen molar-refractivity contribution in [2.45, 2.75) is 6.42 Å². The molecule has 1 aliphatic carbocycles. The molecule has 0 unspecified atom stereocenters. The summed E-state index contributed by atoms with van der Waals surface area (Å²) in [7, 11) is 0. The third-order valence-corrected chi connectivity index (χ3v) is 7.26.